The number of furan rings is 2. The van der Waals surface area contributed by atoms with E-state index in [0.29, 0.717) is 0 Å². The van der Waals surface area contributed by atoms with Crippen LogP contribution < -0.4 is 0 Å². The van der Waals surface area contributed by atoms with Gasteiger partial charge in [0.2, 0.25) is 0 Å². The van der Waals surface area contributed by atoms with Crippen molar-refractivity contribution >= 4 is 43.9 Å². The molecule has 0 spiro atoms. The number of rotatable bonds is 4. The van der Waals surface area contributed by atoms with E-state index in [0.717, 1.165) is 55.4 Å². The van der Waals surface area contributed by atoms with Crippen molar-refractivity contribution in [1.29, 1.82) is 0 Å². The summed E-state index contributed by atoms with van der Waals surface area (Å²) in [6, 6.07) is 66.1. The lowest BCUT2D eigenvalue weighted by atomic mass is 9.72. The summed E-state index contributed by atoms with van der Waals surface area (Å²) in [4.78, 5) is 0. The third kappa shape index (κ3) is 4.75. The van der Waals surface area contributed by atoms with Crippen molar-refractivity contribution in [2.75, 3.05) is 0 Å². The van der Waals surface area contributed by atoms with Crippen LogP contribution in [0.15, 0.2) is 191 Å². The zero-order valence-electron chi connectivity index (χ0n) is 35.1. The van der Waals surface area contributed by atoms with Crippen molar-refractivity contribution in [3.63, 3.8) is 0 Å². The predicted octanol–water partition coefficient (Wildman–Crippen LogP) is 16.8. The summed E-state index contributed by atoms with van der Waals surface area (Å²) in [5, 5.41) is 4.71. The molecule has 2 heterocycles. The van der Waals surface area contributed by atoms with Crippen molar-refractivity contribution in [1.82, 2.24) is 0 Å². The molecule has 0 saturated carbocycles. The van der Waals surface area contributed by atoms with Gasteiger partial charge in [0.15, 0.2) is 0 Å². The first-order chi connectivity index (χ1) is 30.3. The Morgan fingerprint density at radius 2 is 0.661 bits per heavy atom. The Morgan fingerprint density at radius 3 is 1.06 bits per heavy atom. The van der Waals surface area contributed by atoms with Gasteiger partial charge in [-0.25, -0.2) is 0 Å². The highest BCUT2D eigenvalue weighted by molar-refractivity contribution is 6.21. The minimum Gasteiger partial charge on any atom is -0.455 e. The Hall–Kier alpha value is -7.42. The Labute approximate surface area is 360 Å². The molecule has 0 atom stereocenters. The number of hydrogen-bond donors (Lipinski definition) is 0. The van der Waals surface area contributed by atoms with Crippen LogP contribution in [0.4, 0.5) is 0 Å². The molecule has 294 valence electrons. The van der Waals surface area contributed by atoms with E-state index in [1.165, 1.54) is 77.5 Å². The van der Waals surface area contributed by atoms with Crippen LogP contribution in [0.1, 0.15) is 49.9 Å². The molecule has 0 radical (unpaired) electrons. The molecule has 0 unspecified atom stereocenters. The first kappa shape index (κ1) is 35.3. The minimum atomic E-state index is -0.311. The Bertz CT molecular complexity index is 3390. The lowest BCUT2D eigenvalue weighted by Gasteiger charge is -2.31. The molecule has 2 aliphatic rings. The third-order valence-electron chi connectivity index (χ3n) is 14.2. The topological polar surface area (TPSA) is 26.3 Å². The fourth-order valence-electron chi connectivity index (χ4n) is 11.3. The Morgan fingerprint density at radius 1 is 0.323 bits per heavy atom. The van der Waals surface area contributed by atoms with E-state index in [1.54, 1.807) is 0 Å². The van der Waals surface area contributed by atoms with Crippen LogP contribution in [-0.4, -0.2) is 0 Å². The van der Waals surface area contributed by atoms with Crippen LogP contribution in [-0.2, 0) is 10.8 Å². The van der Waals surface area contributed by atoms with Crippen molar-refractivity contribution in [3.8, 4) is 66.8 Å². The monoisotopic (exact) mass is 794 g/mol. The highest BCUT2D eigenvalue weighted by atomic mass is 16.3. The van der Waals surface area contributed by atoms with Gasteiger partial charge >= 0.3 is 0 Å². The van der Waals surface area contributed by atoms with Gasteiger partial charge in [0, 0.05) is 43.5 Å². The molecule has 0 saturated heterocycles. The summed E-state index contributed by atoms with van der Waals surface area (Å²) in [7, 11) is 0. The highest BCUT2D eigenvalue weighted by Crippen LogP contribution is 2.63. The van der Waals surface area contributed by atoms with Gasteiger partial charge in [-0.1, -0.05) is 185 Å². The van der Waals surface area contributed by atoms with Crippen molar-refractivity contribution in [2.45, 2.75) is 38.5 Å². The fraction of sp³-hybridized carbons (Fsp3) is 0.100. The van der Waals surface area contributed by atoms with Crippen molar-refractivity contribution in [2.24, 2.45) is 0 Å². The maximum atomic E-state index is 6.90. The third-order valence-corrected chi connectivity index (χ3v) is 14.2. The smallest absolute Gasteiger partial charge is 0.143 e. The lowest BCUT2D eigenvalue weighted by molar-refractivity contribution is 0.601. The molecule has 2 nitrogen and oxygen atoms in total. The molecule has 0 fully saturated rings. The second-order valence-corrected chi connectivity index (χ2v) is 18.3. The number of benzene rings is 9. The van der Waals surface area contributed by atoms with E-state index < -0.39 is 0 Å². The Balaban J connectivity index is 1.04. The summed E-state index contributed by atoms with van der Waals surface area (Å²) in [6.45, 7) is 9.76. The first-order valence-electron chi connectivity index (χ1n) is 21.8. The molecule has 13 rings (SSSR count). The Kier molecular flexibility index (Phi) is 7.16. The van der Waals surface area contributed by atoms with Gasteiger partial charge in [0.05, 0.1) is 0 Å². The zero-order valence-corrected chi connectivity index (χ0v) is 35.1. The van der Waals surface area contributed by atoms with Gasteiger partial charge in [-0.15, -0.1) is 0 Å². The molecule has 0 aliphatic heterocycles. The van der Waals surface area contributed by atoms with Crippen molar-refractivity contribution < 1.29 is 8.83 Å². The van der Waals surface area contributed by atoms with Crippen LogP contribution in [0.25, 0.3) is 111 Å². The van der Waals surface area contributed by atoms with E-state index in [1.807, 2.05) is 0 Å². The highest BCUT2D eigenvalue weighted by Gasteiger charge is 2.48. The second kappa shape index (κ2) is 12.6. The van der Waals surface area contributed by atoms with Crippen LogP contribution in [0.2, 0.25) is 0 Å². The van der Waals surface area contributed by atoms with Crippen molar-refractivity contribution in [3.05, 3.63) is 204 Å². The normalized spacial score (nSPS) is 14.4. The molecule has 0 amide bonds. The molecular formula is C60H42O2. The zero-order chi connectivity index (χ0) is 41.5. The molecule has 11 aromatic rings. The molecule has 2 heteroatoms. The molecule has 0 N–H and O–H groups in total. The summed E-state index contributed by atoms with van der Waals surface area (Å²) < 4.78 is 13.8. The van der Waals surface area contributed by atoms with Gasteiger partial charge in [-0.05, 0) is 102 Å². The van der Waals surface area contributed by atoms with Gasteiger partial charge in [-0.2, -0.15) is 0 Å². The van der Waals surface area contributed by atoms with E-state index >= 15 is 0 Å². The second-order valence-electron chi connectivity index (χ2n) is 18.3. The summed E-state index contributed by atoms with van der Waals surface area (Å²) in [5.41, 5.74) is 23.2. The van der Waals surface area contributed by atoms with Crippen LogP contribution >= 0.6 is 0 Å². The quantitative estimate of drug-likeness (QED) is 0.177. The molecule has 62 heavy (non-hydrogen) atoms. The maximum Gasteiger partial charge on any atom is 0.143 e. The minimum absolute atomic E-state index is 0.311. The van der Waals surface area contributed by atoms with Crippen LogP contribution in [0, 0.1) is 0 Å². The van der Waals surface area contributed by atoms with Gasteiger partial charge < -0.3 is 8.83 Å². The maximum absolute atomic E-state index is 6.90. The van der Waals surface area contributed by atoms with Gasteiger partial charge in [-0.3, -0.25) is 0 Å². The average molecular weight is 795 g/mol. The van der Waals surface area contributed by atoms with Gasteiger partial charge in [0.1, 0.15) is 22.3 Å². The van der Waals surface area contributed by atoms with E-state index in [2.05, 4.69) is 210 Å². The lowest BCUT2D eigenvalue weighted by Crippen LogP contribution is -2.24. The fourth-order valence-corrected chi connectivity index (χ4v) is 11.3. The summed E-state index contributed by atoms with van der Waals surface area (Å²) >= 11 is 0. The average Bonchev–Trinajstić information content (AvgIpc) is 4.02. The molecule has 2 aliphatic carbocycles. The predicted molar refractivity (Wildman–Crippen MR) is 258 cm³/mol. The van der Waals surface area contributed by atoms with E-state index in [-0.39, 0.29) is 10.8 Å². The summed E-state index contributed by atoms with van der Waals surface area (Å²) in [5.74, 6) is 0. The van der Waals surface area contributed by atoms with Crippen LogP contribution in [0.3, 0.4) is 0 Å². The molecule has 0 bridgehead atoms. The van der Waals surface area contributed by atoms with E-state index in [4.69, 9.17) is 8.83 Å². The molecule has 2 aromatic heterocycles. The molecular weight excluding hydrogens is 753 g/mol. The number of hydrogen-bond acceptors (Lipinski definition) is 2. The van der Waals surface area contributed by atoms with Gasteiger partial charge in [0.25, 0.3) is 0 Å². The standard InChI is InChI=1S/C60H42O2/c1-59(2)47-33-45(39-27-23-37(24-28-39)35-15-7-5-8-16-35)57-53(41-19-11-13-21-49(41)61-57)51(47)43-31-32-44-52-48(60(3,4)56(44)55(43)59)34-46(58-54(52)42-20-12-14-22-50(42)62-58)40-29-25-38(26-30-40)36-17-9-6-10-18-36/h5-34H,1-4H3. The SMILES string of the molecule is CC1(C)c2cc(-c3ccc(-c4ccccc4)cc3)c3oc4ccccc4c3c2-c2ccc3c(c21)C(C)(C)c1cc(-c2ccc(-c4ccccc4)cc2)c2oc4ccccc4c2c1-3. The number of fused-ring (bicyclic) bond motifs is 15. The summed E-state index contributed by atoms with van der Waals surface area (Å²) in [6.07, 6.45) is 0. The molecule has 9 aromatic carbocycles. The first-order valence-corrected chi connectivity index (χ1v) is 21.8. The number of para-hydroxylation sites is 2. The largest absolute Gasteiger partial charge is 0.455 e. The van der Waals surface area contributed by atoms with Crippen LogP contribution in [0.5, 0.6) is 0 Å². The van der Waals surface area contributed by atoms with E-state index in [9.17, 15) is 0 Å².